The van der Waals surface area contributed by atoms with Gasteiger partial charge in [0.25, 0.3) is 0 Å². The highest BCUT2D eigenvalue weighted by Crippen LogP contribution is 2.33. The van der Waals surface area contributed by atoms with Crippen LogP contribution < -0.4 is 5.32 Å². The Morgan fingerprint density at radius 3 is 2.17 bits per heavy atom. The molecule has 1 saturated carbocycles. The summed E-state index contributed by atoms with van der Waals surface area (Å²) < 4.78 is 0. The monoisotopic (exact) mass is 251 g/mol. The SMILES string of the molecule is CN1CCC(N(CC2CCNCC2)C2CC2)CC1. The summed E-state index contributed by atoms with van der Waals surface area (Å²) in [6.07, 6.45) is 8.54. The summed E-state index contributed by atoms with van der Waals surface area (Å²) in [7, 11) is 2.27. The maximum absolute atomic E-state index is 3.49. The van der Waals surface area contributed by atoms with E-state index in [1.54, 1.807) is 0 Å². The third-order valence-electron chi connectivity index (χ3n) is 5.10. The number of hydrogen-bond acceptors (Lipinski definition) is 3. The predicted octanol–water partition coefficient (Wildman–Crippen LogP) is 1.54. The minimum atomic E-state index is 0.892. The second-order valence-electron chi connectivity index (χ2n) is 6.66. The molecule has 0 spiro atoms. The Kier molecular flexibility index (Phi) is 4.22. The first-order valence-corrected chi connectivity index (χ1v) is 7.98. The van der Waals surface area contributed by atoms with Crippen LogP contribution in [0, 0.1) is 5.92 Å². The lowest BCUT2D eigenvalue weighted by molar-refractivity contribution is 0.0912. The third kappa shape index (κ3) is 3.25. The van der Waals surface area contributed by atoms with Gasteiger partial charge in [0.15, 0.2) is 0 Å². The van der Waals surface area contributed by atoms with Crippen molar-refractivity contribution >= 4 is 0 Å². The molecule has 0 radical (unpaired) electrons. The zero-order chi connectivity index (χ0) is 12.4. The Balaban J connectivity index is 1.54. The van der Waals surface area contributed by atoms with Gasteiger partial charge in [0.2, 0.25) is 0 Å². The van der Waals surface area contributed by atoms with E-state index in [0.29, 0.717) is 0 Å². The molecule has 2 aliphatic heterocycles. The maximum Gasteiger partial charge on any atom is 0.0123 e. The van der Waals surface area contributed by atoms with E-state index in [-0.39, 0.29) is 0 Å². The van der Waals surface area contributed by atoms with Crippen LogP contribution in [-0.4, -0.2) is 61.7 Å². The van der Waals surface area contributed by atoms with Gasteiger partial charge in [-0.05, 0) is 77.7 Å². The van der Waals surface area contributed by atoms with E-state index >= 15 is 0 Å². The predicted molar refractivity (Wildman–Crippen MR) is 75.8 cm³/mol. The van der Waals surface area contributed by atoms with Gasteiger partial charge in [-0.2, -0.15) is 0 Å². The van der Waals surface area contributed by atoms with E-state index in [0.717, 1.165) is 18.0 Å². The fraction of sp³-hybridized carbons (Fsp3) is 1.00. The molecule has 0 atom stereocenters. The Hall–Kier alpha value is -0.120. The molecule has 2 saturated heterocycles. The third-order valence-corrected chi connectivity index (χ3v) is 5.10. The highest BCUT2D eigenvalue weighted by Gasteiger charge is 2.36. The van der Waals surface area contributed by atoms with E-state index in [1.807, 2.05) is 0 Å². The Morgan fingerprint density at radius 2 is 1.56 bits per heavy atom. The maximum atomic E-state index is 3.49. The number of likely N-dealkylation sites (tertiary alicyclic amines) is 1. The van der Waals surface area contributed by atoms with Crippen molar-refractivity contribution in [2.24, 2.45) is 5.92 Å². The zero-order valence-electron chi connectivity index (χ0n) is 11.9. The summed E-state index contributed by atoms with van der Waals surface area (Å²) in [6, 6.07) is 1.84. The van der Waals surface area contributed by atoms with Crippen molar-refractivity contribution in [3.63, 3.8) is 0 Å². The highest BCUT2D eigenvalue weighted by molar-refractivity contribution is 4.92. The van der Waals surface area contributed by atoms with E-state index in [4.69, 9.17) is 0 Å². The molecule has 3 fully saturated rings. The number of piperidine rings is 2. The minimum absolute atomic E-state index is 0.892. The van der Waals surface area contributed by atoms with Gasteiger partial charge < -0.3 is 10.2 Å². The van der Waals surface area contributed by atoms with Crippen LogP contribution in [0.3, 0.4) is 0 Å². The quantitative estimate of drug-likeness (QED) is 0.818. The van der Waals surface area contributed by atoms with Crippen molar-refractivity contribution in [2.45, 2.75) is 50.6 Å². The van der Waals surface area contributed by atoms with Crippen LogP contribution in [-0.2, 0) is 0 Å². The van der Waals surface area contributed by atoms with Gasteiger partial charge in [-0.15, -0.1) is 0 Å². The Morgan fingerprint density at radius 1 is 0.944 bits per heavy atom. The van der Waals surface area contributed by atoms with Crippen LogP contribution >= 0.6 is 0 Å². The molecule has 3 aliphatic rings. The first-order chi connectivity index (χ1) is 8.83. The molecule has 3 nitrogen and oxygen atoms in total. The molecule has 0 bridgehead atoms. The van der Waals surface area contributed by atoms with E-state index in [2.05, 4.69) is 22.2 Å². The standard InChI is InChI=1S/C15H29N3/c1-17-10-6-15(7-11-17)18(14-2-3-14)12-13-4-8-16-9-5-13/h13-16H,2-12H2,1H3. The first-order valence-electron chi connectivity index (χ1n) is 7.98. The lowest BCUT2D eigenvalue weighted by Crippen LogP contribution is -2.47. The van der Waals surface area contributed by atoms with E-state index < -0.39 is 0 Å². The summed E-state index contributed by atoms with van der Waals surface area (Å²) in [4.78, 5) is 5.40. The molecule has 0 amide bonds. The zero-order valence-corrected chi connectivity index (χ0v) is 11.9. The number of nitrogens with one attached hydrogen (secondary N) is 1. The van der Waals surface area contributed by atoms with Gasteiger partial charge in [-0.1, -0.05) is 0 Å². The van der Waals surface area contributed by atoms with Crippen molar-refractivity contribution in [3.8, 4) is 0 Å². The molecule has 0 unspecified atom stereocenters. The molecule has 3 rings (SSSR count). The molecular weight excluding hydrogens is 222 g/mol. The minimum Gasteiger partial charge on any atom is -0.317 e. The molecule has 18 heavy (non-hydrogen) atoms. The van der Waals surface area contributed by atoms with Gasteiger partial charge in [0.05, 0.1) is 0 Å². The molecule has 3 heteroatoms. The van der Waals surface area contributed by atoms with Crippen molar-refractivity contribution in [1.82, 2.24) is 15.1 Å². The highest BCUT2D eigenvalue weighted by atomic mass is 15.2. The average Bonchev–Trinajstić information content (AvgIpc) is 3.23. The summed E-state index contributed by atoms with van der Waals surface area (Å²) in [5.41, 5.74) is 0. The Labute approximate surface area is 112 Å². The van der Waals surface area contributed by atoms with Gasteiger partial charge in [0, 0.05) is 18.6 Å². The fourth-order valence-corrected chi connectivity index (χ4v) is 3.69. The summed E-state index contributed by atoms with van der Waals surface area (Å²) >= 11 is 0. The molecule has 0 aromatic heterocycles. The second-order valence-corrected chi connectivity index (χ2v) is 6.66. The van der Waals surface area contributed by atoms with Crippen LogP contribution in [0.25, 0.3) is 0 Å². The molecule has 1 N–H and O–H groups in total. The van der Waals surface area contributed by atoms with Crippen LogP contribution in [0.15, 0.2) is 0 Å². The van der Waals surface area contributed by atoms with Crippen LogP contribution in [0.2, 0.25) is 0 Å². The summed E-state index contributed by atoms with van der Waals surface area (Å²) in [5.74, 6) is 0.964. The number of rotatable bonds is 4. The molecule has 2 heterocycles. The summed E-state index contributed by atoms with van der Waals surface area (Å²) in [6.45, 7) is 6.49. The van der Waals surface area contributed by atoms with Crippen LogP contribution in [0.4, 0.5) is 0 Å². The largest absolute Gasteiger partial charge is 0.317 e. The Bertz CT molecular complexity index is 250. The molecule has 104 valence electrons. The topological polar surface area (TPSA) is 18.5 Å². The van der Waals surface area contributed by atoms with Crippen molar-refractivity contribution in [2.75, 3.05) is 39.8 Å². The lowest BCUT2D eigenvalue weighted by atomic mass is 9.95. The van der Waals surface area contributed by atoms with E-state index in [1.165, 1.54) is 71.2 Å². The van der Waals surface area contributed by atoms with Gasteiger partial charge >= 0.3 is 0 Å². The molecule has 1 aliphatic carbocycles. The molecule has 0 aromatic carbocycles. The van der Waals surface area contributed by atoms with Crippen molar-refractivity contribution in [1.29, 1.82) is 0 Å². The van der Waals surface area contributed by atoms with Gasteiger partial charge in [-0.3, -0.25) is 4.90 Å². The van der Waals surface area contributed by atoms with E-state index in [9.17, 15) is 0 Å². The smallest absolute Gasteiger partial charge is 0.0123 e. The second kappa shape index (κ2) is 5.89. The lowest BCUT2D eigenvalue weighted by Gasteiger charge is -2.40. The average molecular weight is 251 g/mol. The van der Waals surface area contributed by atoms with Crippen LogP contribution in [0.1, 0.15) is 38.5 Å². The molecular formula is C15H29N3. The van der Waals surface area contributed by atoms with Crippen molar-refractivity contribution in [3.05, 3.63) is 0 Å². The first kappa shape index (κ1) is 12.9. The number of nitrogens with zero attached hydrogens (tertiary/aromatic N) is 2. The van der Waals surface area contributed by atoms with Crippen LogP contribution in [0.5, 0.6) is 0 Å². The molecule has 0 aromatic rings. The van der Waals surface area contributed by atoms with Gasteiger partial charge in [0.1, 0.15) is 0 Å². The fourth-order valence-electron chi connectivity index (χ4n) is 3.69. The normalized spacial score (nSPS) is 29.0. The van der Waals surface area contributed by atoms with Crippen molar-refractivity contribution < 1.29 is 0 Å². The number of hydrogen-bond donors (Lipinski definition) is 1. The van der Waals surface area contributed by atoms with Gasteiger partial charge in [-0.25, -0.2) is 0 Å². The summed E-state index contributed by atoms with van der Waals surface area (Å²) in [5, 5.41) is 3.49.